The van der Waals surface area contributed by atoms with E-state index >= 15 is 0 Å². The third-order valence-corrected chi connectivity index (χ3v) is 3.66. The van der Waals surface area contributed by atoms with E-state index < -0.39 is 0 Å². The lowest BCUT2D eigenvalue weighted by molar-refractivity contribution is 0.0221. The highest BCUT2D eigenvalue weighted by Gasteiger charge is 2.44. The summed E-state index contributed by atoms with van der Waals surface area (Å²) < 4.78 is 6.45. The molecule has 0 radical (unpaired) electrons. The lowest BCUT2D eigenvalue weighted by Gasteiger charge is -2.44. The molecule has 1 fully saturated rings. The number of carbonyl (C=O) groups is 1. The molecule has 0 unspecified atom stereocenters. The van der Waals surface area contributed by atoms with Gasteiger partial charge < -0.3 is 20.1 Å². The first-order chi connectivity index (χ1) is 8.02. The Morgan fingerprint density at radius 1 is 1.71 bits per heavy atom. The minimum absolute atomic E-state index is 0.177. The van der Waals surface area contributed by atoms with Crippen molar-refractivity contribution in [3.63, 3.8) is 0 Å². The van der Waals surface area contributed by atoms with E-state index in [2.05, 4.69) is 0 Å². The fourth-order valence-electron chi connectivity index (χ4n) is 2.52. The standard InChI is InChI=1S/C12H18N2O3/c1-14-6-8(3-10(14)11(16)17-2)12(7-13)4-9(15)5-12/h3,6,9,15H,4-5,7,13H2,1-2H3. The molecule has 1 aliphatic rings. The Kier molecular flexibility index (Phi) is 2.97. The van der Waals surface area contributed by atoms with Gasteiger partial charge in [-0.25, -0.2) is 4.79 Å². The molecule has 1 aliphatic carbocycles. The summed E-state index contributed by atoms with van der Waals surface area (Å²) in [7, 11) is 3.16. The summed E-state index contributed by atoms with van der Waals surface area (Å²) in [4.78, 5) is 11.5. The predicted octanol–water partition coefficient (Wildman–Crippen LogP) is 0.163. The van der Waals surface area contributed by atoms with Gasteiger partial charge in [0.25, 0.3) is 0 Å². The van der Waals surface area contributed by atoms with E-state index in [1.165, 1.54) is 7.11 Å². The Morgan fingerprint density at radius 3 is 2.82 bits per heavy atom. The molecular formula is C12H18N2O3. The number of carbonyl (C=O) groups excluding carboxylic acids is 1. The van der Waals surface area contributed by atoms with Crippen LogP contribution in [-0.2, 0) is 17.2 Å². The van der Waals surface area contributed by atoms with Gasteiger partial charge in [0.15, 0.2) is 0 Å². The molecular weight excluding hydrogens is 220 g/mol. The number of hydrogen-bond donors (Lipinski definition) is 2. The maximum Gasteiger partial charge on any atom is 0.354 e. The molecule has 0 atom stereocenters. The molecule has 0 spiro atoms. The van der Waals surface area contributed by atoms with Crippen LogP contribution in [0.1, 0.15) is 28.9 Å². The van der Waals surface area contributed by atoms with Crippen LogP contribution in [0.4, 0.5) is 0 Å². The van der Waals surface area contributed by atoms with Gasteiger partial charge >= 0.3 is 5.97 Å². The van der Waals surface area contributed by atoms with Crippen LogP contribution in [0.5, 0.6) is 0 Å². The minimum Gasteiger partial charge on any atom is -0.464 e. The van der Waals surface area contributed by atoms with E-state index in [9.17, 15) is 9.90 Å². The zero-order chi connectivity index (χ0) is 12.6. The van der Waals surface area contributed by atoms with Crippen molar-refractivity contribution in [2.75, 3.05) is 13.7 Å². The van der Waals surface area contributed by atoms with Gasteiger partial charge in [-0.15, -0.1) is 0 Å². The van der Waals surface area contributed by atoms with Crippen LogP contribution in [0.2, 0.25) is 0 Å². The monoisotopic (exact) mass is 238 g/mol. The Labute approximate surface area is 100 Å². The predicted molar refractivity (Wildman–Crippen MR) is 62.7 cm³/mol. The maximum atomic E-state index is 11.5. The van der Waals surface area contributed by atoms with Gasteiger partial charge in [0.1, 0.15) is 5.69 Å². The third-order valence-electron chi connectivity index (χ3n) is 3.66. The summed E-state index contributed by atoms with van der Waals surface area (Å²) in [5, 5.41) is 9.45. The second kappa shape index (κ2) is 4.16. The summed E-state index contributed by atoms with van der Waals surface area (Å²) in [6.45, 7) is 0.481. The molecule has 2 rings (SSSR count). The van der Waals surface area contributed by atoms with Crippen molar-refractivity contribution in [3.05, 3.63) is 23.5 Å². The number of nitrogens with two attached hydrogens (primary N) is 1. The number of aliphatic hydroxyl groups is 1. The SMILES string of the molecule is COC(=O)c1cc(C2(CN)CC(O)C2)cn1C. The van der Waals surface area contributed by atoms with Gasteiger partial charge in [-0.3, -0.25) is 0 Å². The third kappa shape index (κ3) is 1.85. The molecule has 0 amide bonds. The van der Waals surface area contributed by atoms with Crippen molar-refractivity contribution in [1.82, 2.24) is 4.57 Å². The van der Waals surface area contributed by atoms with Gasteiger partial charge in [0, 0.05) is 25.2 Å². The molecule has 17 heavy (non-hydrogen) atoms. The second-order valence-electron chi connectivity index (χ2n) is 4.76. The average Bonchev–Trinajstić information content (AvgIpc) is 2.66. The summed E-state index contributed by atoms with van der Waals surface area (Å²) in [6.07, 6.45) is 2.94. The zero-order valence-corrected chi connectivity index (χ0v) is 10.1. The molecule has 1 aromatic rings. The molecule has 1 saturated carbocycles. The highest BCUT2D eigenvalue weighted by Crippen LogP contribution is 2.43. The van der Waals surface area contributed by atoms with Crippen molar-refractivity contribution in [2.24, 2.45) is 12.8 Å². The lowest BCUT2D eigenvalue weighted by atomic mass is 9.63. The number of nitrogens with zero attached hydrogens (tertiary/aromatic N) is 1. The number of aromatic nitrogens is 1. The van der Waals surface area contributed by atoms with E-state index in [0.29, 0.717) is 25.1 Å². The normalized spacial score (nSPS) is 27.6. The topological polar surface area (TPSA) is 77.5 Å². The van der Waals surface area contributed by atoms with Crippen molar-refractivity contribution in [2.45, 2.75) is 24.4 Å². The highest BCUT2D eigenvalue weighted by molar-refractivity contribution is 5.88. The van der Waals surface area contributed by atoms with Crippen molar-refractivity contribution >= 4 is 5.97 Å². The number of aryl methyl sites for hydroxylation is 1. The van der Waals surface area contributed by atoms with Gasteiger partial charge in [-0.1, -0.05) is 0 Å². The molecule has 3 N–H and O–H groups in total. The average molecular weight is 238 g/mol. The molecule has 5 nitrogen and oxygen atoms in total. The smallest absolute Gasteiger partial charge is 0.354 e. The number of methoxy groups -OCH3 is 1. The van der Waals surface area contributed by atoms with Gasteiger partial charge in [0.2, 0.25) is 0 Å². The fourth-order valence-corrected chi connectivity index (χ4v) is 2.52. The molecule has 1 heterocycles. The first kappa shape index (κ1) is 12.1. The highest BCUT2D eigenvalue weighted by atomic mass is 16.5. The Bertz CT molecular complexity index is 433. The first-order valence-electron chi connectivity index (χ1n) is 5.66. The number of esters is 1. The first-order valence-corrected chi connectivity index (χ1v) is 5.66. The Balaban J connectivity index is 2.31. The van der Waals surface area contributed by atoms with Gasteiger partial charge in [-0.05, 0) is 24.5 Å². The van der Waals surface area contributed by atoms with Crippen molar-refractivity contribution in [3.8, 4) is 0 Å². The maximum absolute atomic E-state index is 11.5. The molecule has 94 valence electrons. The second-order valence-corrected chi connectivity index (χ2v) is 4.76. The Morgan fingerprint density at radius 2 is 2.35 bits per heavy atom. The lowest BCUT2D eigenvalue weighted by Crippen LogP contribution is -2.49. The number of aliphatic hydroxyl groups excluding tert-OH is 1. The van der Waals surface area contributed by atoms with E-state index in [1.54, 1.807) is 11.6 Å². The fraction of sp³-hybridized carbons (Fsp3) is 0.583. The van der Waals surface area contributed by atoms with Crippen molar-refractivity contribution < 1.29 is 14.6 Å². The van der Waals surface area contributed by atoms with E-state index in [4.69, 9.17) is 10.5 Å². The van der Waals surface area contributed by atoms with Crippen LogP contribution in [0.3, 0.4) is 0 Å². The van der Waals surface area contributed by atoms with Crippen LogP contribution in [0, 0.1) is 0 Å². The molecule has 1 aromatic heterocycles. The van der Waals surface area contributed by atoms with Crippen LogP contribution in [0.15, 0.2) is 12.3 Å². The van der Waals surface area contributed by atoms with Gasteiger partial charge in [0.05, 0.1) is 13.2 Å². The van der Waals surface area contributed by atoms with Crippen molar-refractivity contribution in [1.29, 1.82) is 0 Å². The Hall–Kier alpha value is -1.33. The van der Waals surface area contributed by atoms with E-state index in [-0.39, 0.29) is 17.5 Å². The summed E-state index contributed by atoms with van der Waals surface area (Å²) >= 11 is 0. The number of hydrogen-bond acceptors (Lipinski definition) is 4. The van der Waals surface area contributed by atoms with Gasteiger partial charge in [-0.2, -0.15) is 0 Å². The largest absolute Gasteiger partial charge is 0.464 e. The van der Waals surface area contributed by atoms with E-state index in [0.717, 1.165) is 5.56 Å². The van der Waals surface area contributed by atoms with Crippen LogP contribution < -0.4 is 5.73 Å². The molecule has 0 bridgehead atoms. The van der Waals surface area contributed by atoms with Crippen LogP contribution >= 0.6 is 0 Å². The minimum atomic E-state index is -0.356. The summed E-state index contributed by atoms with van der Waals surface area (Å²) in [6, 6.07) is 1.81. The number of rotatable bonds is 3. The molecule has 0 saturated heterocycles. The molecule has 0 aromatic carbocycles. The quantitative estimate of drug-likeness (QED) is 0.735. The molecule has 0 aliphatic heterocycles. The van der Waals surface area contributed by atoms with Crippen LogP contribution in [-0.4, -0.2) is 35.4 Å². The summed E-state index contributed by atoms with van der Waals surface area (Å²) in [5.41, 5.74) is 7.14. The summed E-state index contributed by atoms with van der Waals surface area (Å²) in [5.74, 6) is -0.356. The van der Waals surface area contributed by atoms with Crippen LogP contribution in [0.25, 0.3) is 0 Å². The number of ether oxygens (including phenoxy) is 1. The zero-order valence-electron chi connectivity index (χ0n) is 10.1. The van der Waals surface area contributed by atoms with E-state index in [1.807, 2.05) is 12.3 Å². The molecule has 5 heteroatoms.